The normalized spacial score (nSPS) is 22.3. The topological polar surface area (TPSA) is 103 Å². The van der Waals surface area contributed by atoms with Crippen LogP contribution in [0.4, 0.5) is 0 Å². The van der Waals surface area contributed by atoms with Gasteiger partial charge in [-0.05, 0) is 17.2 Å². The zero-order valence-corrected chi connectivity index (χ0v) is 14.6. The molecule has 2 aromatic rings. The number of nitrogens with zero attached hydrogens (tertiary/aromatic N) is 2. The zero-order valence-electron chi connectivity index (χ0n) is 13.8. The van der Waals surface area contributed by atoms with Crippen LogP contribution in [-0.2, 0) is 10.5 Å². The molecule has 0 radical (unpaired) electrons. The molecule has 1 fully saturated rings. The highest BCUT2D eigenvalue weighted by Crippen LogP contribution is 2.38. The van der Waals surface area contributed by atoms with Crippen LogP contribution in [0, 0.1) is 17.2 Å². The van der Waals surface area contributed by atoms with Crippen molar-refractivity contribution >= 4 is 23.6 Å². The minimum absolute atomic E-state index is 0.0831. The molecule has 2 N–H and O–H groups in total. The van der Waals surface area contributed by atoms with Gasteiger partial charge in [-0.2, -0.15) is 5.26 Å². The van der Waals surface area contributed by atoms with Gasteiger partial charge in [0, 0.05) is 30.5 Å². The highest BCUT2D eigenvalue weighted by Gasteiger charge is 2.38. The average molecular weight is 367 g/mol. The number of aromatic nitrogens is 1. The quantitative estimate of drug-likeness (QED) is 0.842. The van der Waals surface area contributed by atoms with Crippen molar-refractivity contribution in [3.8, 4) is 6.07 Å². The minimum Gasteiger partial charge on any atom is -0.478 e. The van der Waals surface area contributed by atoms with Gasteiger partial charge in [-0.25, -0.2) is 4.79 Å². The van der Waals surface area contributed by atoms with Crippen molar-refractivity contribution in [2.24, 2.45) is 5.92 Å². The number of nitrogens with one attached hydrogen (secondary N) is 1. The lowest BCUT2D eigenvalue weighted by atomic mass is 9.81. The lowest BCUT2D eigenvalue weighted by Gasteiger charge is -2.34. The molecule has 2 heterocycles. The summed E-state index contributed by atoms with van der Waals surface area (Å²) in [4.78, 5) is 27.1. The predicted molar refractivity (Wildman–Crippen MR) is 97.3 cm³/mol. The summed E-state index contributed by atoms with van der Waals surface area (Å²) in [6.07, 6.45) is 3.18. The lowest BCUT2D eigenvalue weighted by Crippen LogP contribution is -2.46. The molecular weight excluding hydrogens is 350 g/mol. The molecule has 0 bridgehead atoms. The average Bonchev–Trinajstić information content (AvgIpc) is 2.66. The second kappa shape index (κ2) is 8.02. The number of thioether (sulfide) groups is 1. The summed E-state index contributed by atoms with van der Waals surface area (Å²) in [5, 5.41) is 21.3. The molecule has 1 aromatic heterocycles. The van der Waals surface area contributed by atoms with E-state index in [0.29, 0.717) is 5.75 Å². The number of pyridine rings is 1. The number of hydrogen-bond acceptors (Lipinski definition) is 5. The number of aromatic carboxylic acids is 1. The monoisotopic (exact) mass is 367 g/mol. The number of hydrogen-bond donors (Lipinski definition) is 2. The Kier molecular flexibility index (Phi) is 5.54. The minimum atomic E-state index is -1.03. The van der Waals surface area contributed by atoms with E-state index in [0.717, 1.165) is 11.1 Å². The van der Waals surface area contributed by atoms with Gasteiger partial charge in [0.25, 0.3) is 0 Å². The van der Waals surface area contributed by atoms with Gasteiger partial charge in [0.15, 0.2) is 0 Å². The van der Waals surface area contributed by atoms with Gasteiger partial charge in [0.2, 0.25) is 5.91 Å². The standard InChI is InChI=1S/C19H17N3O3S/c20-8-16-15(13-4-2-1-3-5-13)7-17(23)22-18(16)26-11-12-6-14(19(24)25)10-21-9-12/h1-6,9-10,15-16,18H,7,11H2,(H,22,23)(H,24,25). The van der Waals surface area contributed by atoms with Gasteiger partial charge in [-0.15, -0.1) is 11.8 Å². The molecule has 1 aliphatic rings. The number of rotatable bonds is 5. The van der Waals surface area contributed by atoms with Gasteiger partial charge >= 0.3 is 5.97 Å². The van der Waals surface area contributed by atoms with Gasteiger partial charge in [0.05, 0.1) is 22.9 Å². The second-order valence-electron chi connectivity index (χ2n) is 6.06. The lowest BCUT2D eigenvalue weighted by molar-refractivity contribution is -0.123. The fourth-order valence-corrected chi connectivity index (χ4v) is 4.25. The molecule has 0 spiro atoms. The first-order valence-corrected chi connectivity index (χ1v) is 9.16. The fourth-order valence-electron chi connectivity index (χ4n) is 3.04. The summed E-state index contributed by atoms with van der Waals surface area (Å²) in [6.45, 7) is 0. The van der Waals surface area contributed by atoms with Crippen LogP contribution in [0.5, 0.6) is 0 Å². The third kappa shape index (κ3) is 4.03. The molecule has 26 heavy (non-hydrogen) atoms. The van der Waals surface area contributed by atoms with Crippen molar-refractivity contribution in [2.45, 2.75) is 23.5 Å². The van der Waals surface area contributed by atoms with E-state index >= 15 is 0 Å². The van der Waals surface area contributed by atoms with Crippen molar-refractivity contribution in [1.29, 1.82) is 5.26 Å². The first-order valence-electron chi connectivity index (χ1n) is 8.11. The Morgan fingerprint density at radius 2 is 2.12 bits per heavy atom. The second-order valence-corrected chi connectivity index (χ2v) is 7.19. The van der Waals surface area contributed by atoms with Crippen molar-refractivity contribution in [1.82, 2.24) is 10.3 Å². The van der Waals surface area contributed by atoms with E-state index in [1.54, 1.807) is 12.3 Å². The van der Waals surface area contributed by atoms with Crippen LogP contribution >= 0.6 is 11.8 Å². The smallest absolute Gasteiger partial charge is 0.337 e. The highest BCUT2D eigenvalue weighted by molar-refractivity contribution is 7.99. The molecule has 1 aliphatic heterocycles. The Bertz CT molecular complexity index is 851. The van der Waals surface area contributed by atoms with E-state index in [1.165, 1.54) is 18.0 Å². The summed E-state index contributed by atoms with van der Waals surface area (Å²) in [6, 6.07) is 13.5. The van der Waals surface area contributed by atoms with Gasteiger partial charge in [-0.3, -0.25) is 9.78 Å². The number of carbonyl (C=O) groups is 2. The molecule has 0 saturated carbocycles. The van der Waals surface area contributed by atoms with E-state index in [4.69, 9.17) is 5.11 Å². The molecule has 3 atom stereocenters. The number of piperidine rings is 1. The van der Waals surface area contributed by atoms with E-state index < -0.39 is 5.97 Å². The van der Waals surface area contributed by atoms with Crippen LogP contribution in [-0.4, -0.2) is 27.3 Å². The molecule has 1 saturated heterocycles. The van der Waals surface area contributed by atoms with Crippen LogP contribution in [0.1, 0.15) is 33.8 Å². The Morgan fingerprint density at radius 1 is 1.35 bits per heavy atom. The molecule has 0 aliphatic carbocycles. The van der Waals surface area contributed by atoms with Crippen molar-refractivity contribution in [2.75, 3.05) is 0 Å². The van der Waals surface area contributed by atoms with E-state index in [2.05, 4.69) is 16.4 Å². The third-order valence-electron chi connectivity index (χ3n) is 4.32. The Labute approximate surface area is 155 Å². The highest BCUT2D eigenvalue weighted by atomic mass is 32.2. The van der Waals surface area contributed by atoms with Crippen LogP contribution in [0.15, 0.2) is 48.8 Å². The first-order chi connectivity index (χ1) is 12.6. The summed E-state index contributed by atoms with van der Waals surface area (Å²) in [5.41, 5.74) is 1.84. The number of carboxylic acids is 1. The largest absolute Gasteiger partial charge is 0.478 e. The van der Waals surface area contributed by atoms with Gasteiger partial charge < -0.3 is 10.4 Å². The third-order valence-corrected chi connectivity index (χ3v) is 5.59. The van der Waals surface area contributed by atoms with Gasteiger partial charge in [-0.1, -0.05) is 30.3 Å². The number of carbonyl (C=O) groups excluding carboxylic acids is 1. The molecule has 7 heteroatoms. The SMILES string of the molecule is N#CC1C(SCc2cncc(C(=O)O)c2)NC(=O)CC1c1ccccc1. The zero-order chi connectivity index (χ0) is 18.5. The summed E-state index contributed by atoms with van der Waals surface area (Å²) in [5.74, 6) is -1.18. The van der Waals surface area contributed by atoms with E-state index in [9.17, 15) is 14.9 Å². The molecule has 3 unspecified atom stereocenters. The van der Waals surface area contributed by atoms with Crippen LogP contribution < -0.4 is 5.32 Å². The summed E-state index contributed by atoms with van der Waals surface area (Å²) >= 11 is 1.42. The Balaban J connectivity index is 1.76. The molecule has 6 nitrogen and oxygen atoms in total. The van der Waals surface area contributed by atoms with Crippen molar-refractivity contribution in [3.05, 3.63) is 65.5 Å². The maximum absolute atomic E-state index is 12.1. The summed E-state index contributed by atoms with van der Waals surface area (Å²) < 4.78 is 0. The molecule has 132 valence electrons. The fraction of sp³-hybridized carbons (Fsp3) is 0.263. The molecule has 1 aromatic carbocycles. The van der Waals surface area contributed by atoms with Crippen LogP contribution in [0.2, 0.25) is 0 Å². The number of amides is 1. The first kappa shape index (κ1) is 18.0. The van der Waals surface area contributed by atoms with Crippen LogP contribution in [0.3, 0.4) is 0 Å². The van der Waals surface area contributed by atoms with E-state index in [-0.39, 0.29) is 35.1 Å². The van der Waals surface area contributed by atoms with Gasteiger partial charge in [0.1, 0.15) is 0 Å². The number of nitriles is 1. The summed E-state index contributed by atoms with van der Waals surface area (Å²) in [7, 11) is 0. The Hall–Kier alpha value is -2.85. The number of benzene rings is 1. The van der Waals surface area contributed by atoms with E-state index in [1.807, 2.05) is 30.3 Å². The van der Waals surface area contributed by atoms with Crippen molar-refractivity contribution in [3.63, 3.8) is 0 Å². The maximum Gasteiger partial charge on any atom is 0.337 e. The Morgan fingerprint density at radius 3 is 2.81 bits per heavy atom. The van der Waals surface area contributed by atoms with Crippen LogP contribution in [0.25, 0.3) is 0 Å². The number of carboxylic acid groups (broad SMARTS) is 1. The molecular formula is C19H17N3O3S. The predicted octanol–water partition coefficient (Wildman–Crippen LogP) is 2.78. The molecule has 1 amide bonds. The maximum atomic E-state index is 12.1. The van der Waals surface area contributed by atoms with Crippen molar-refractivity contribution < 1.29 is 14.7 Å². The molecule has 3 rings (SSSR count).